The molecule has 2 rings (SSSR count). The van der Waals surface area contributed by atoms with Crippen LogP contribution in [0.5, 0.6) is 11.5 Å². The molecule has 5 heteroatoms. The monoisotopic (exact) mass is 289 g/mol. The fourth-order valence-electron chi connectivity index (χ4n) is 2.50. The third kappa shape index (κ3) is 3.55. The zero-order chi connectivity index (χ0) is 15.2. The normalized spacial score (nSPS) is 12.2. The molecule has 0 amide bonds. The average molecular weight is 289 g/mol. The molecule has 0 saturated carbocycles. The van der Waals surface area contributed by atoms with Crippen molar-refractivity contribution >= 4 is 0 Å². The number of hydrogen-bond acceptors (Lipinski definition) is 4. The van der Waals surface area contributed by atoms with Gasteiger partial charge in [0.05, 0.1) is 14.2 Å². The summed E-state index contributed by atoms with van der Waals surface area (Å²) < 4.78 is 12.7. The van der Waals surface area contributed by atoms with E-state index in [1.807, 2.05) is 37.1 Å². The quantitative estimate of drug-likeness (QED) is 0.850. The Bertz CT molecular complexity index is 581. The summed E-state index contributed by atoms with van der Waals surface area (Å²) in [5, 5.41) is 7.57. The fourth-order valence-corrected chi connectivity index (χ4v) is 2.50. The first-order valence-corrected chi connectivity index (χ1v) is 7.05. The number of methoxy groups -OCH3 is 2. The number of ether oxygens (including phenoxy) is 2. The molecule has 1 aromatic carbocycles. The molecule has 114 valence electrons. The van der Waals surface area contributed by atoms with Crippen molar-refractivity contribution in [3.05, 3.63) is 41.7 Å². The van der Waals surface area contributed by atoms with Crippen molar-refractivity contribution in [1.82, 2.24) is 15.1 Å². The van der Waals surface area contributed by atoms with E-state index < -0.39 is 0 Å². The van der Waals surface area contributed by atoms with E-state index in [4.69, 9.17) is 9.47 Å². The molecular weight excluding hydrogens is 266 g/mol. The van der Waals surface area contributed by atoms with E-state index in [0.717, 1.165) is 29.9 Å². The van der Waals surface area contributed by atoms with Crippen LogP contribution in [0, 0.1) is 0 Å². The molecule has 1 N–H and O–H groups in total. The minimum absolute atomic E-state index is 0.223. The van der Waals surface area contributed by atoms with Gasteiger partial charge in [-0.05, 0) is 32.0 Å². The lowest BCUT2D eigenvalue weighted by atomic mass is 10.00. The summed E-state index contributed by atoms with van der Waals surface area (Å²) >= 11 is 0. The second kappa shape index (κ2) is 7.13. The second-order valence-electron chi connectivity index (χ2n) is 4.93. The van der Waals surface area contributed by atoms with Gasteiger partial charge < -0.3 is 14.8 Å². The highest BCUT2D eigenvalue weighted by atomic mass is 16.5. The lowest BCUT2D eigenvalue weighted by molar-refractivity contribution is 0.383. The molecule has 1 aromatic heterocycles. The third-order valence-electron chi connectivity index (χ3n) is 3.78. The second-order valence-corrected chi connectivity index (χ2v) is 4.93. The standard InChI is InChI=1S/C16H23N3O2/c1-17-15(8-5-12-9-10-18-19(12)2)14-7-6-13(20-3)11-16(14)21-4/h6-7,9-11,15,17H,5,8H2,1-4H3. The number of aromatic nitrogens is 2. The SMILES string of the molecule is CNC(CCc1ccnn1C)c1ccc(OC)cc1OC. The van der Waals surface area contributed by atoms with Crippen LogP contribution in [-0.2, 0) is 13.5 Å². The summed E-state index contributed by atoms with van der Waals surface area (Å²) in [6, 6.07) is 8.22. The van der Waals surface area contributed by atoms with Crippen molar-refractivity contribution < 1.29 is 9.47 Å². The van der Waals surface area contributed by atoms with Crippen LogP contribution in [0.2, 0.25) is 0 Å². The number of aryl methyl sites for hydroxylation is 2. The van der Waals surface area contributed by atoms with Crippen LogP contribution in [-0.4, -0.2) is 31.0 Å². The summed E-state index contributed by atoms with van der Waals surface area (Å²) in [5.74, 6) is 1.65. The molecule has 0 fully saturated rings. The first-order valence-electron chi connectivity index (χ1n) is 7.05. The maximum Gasteiger partial charge on any atom is 0.127 e. The third-order valence-corrected chi connectivity index (χ3v) is 3.78. The van der Waals surface area contributed by atoms with Crippen molar-refractivity contribution in [1.29, 1.82) is 0 Å². The highest BCUT2D eigenvalue weighted by Gasteiger charge is 2.16. The maximum atomic E-state index is 5.49. The van der Waals surface area contributed by atoms with Crippen molar-refractivity contribution in [2.24, 2.45) is 7.05 Å². The smallest absolute Gasteiger partial charge is 0.127 e. The molecule has 0 bridgehead atoms. The predicted molar refractivity (Wildman–Crippen MR) is 82.9 cm³/mol. The van der Waals surface area contributed by atoms with Gasteiger partial charge in [0.15, 0.2) is 0 Å². The number of hydrogen-bond donors (Lipinski definition) is 1. The molecule has 0 radical (unpaired) electrons. The van der Waals surface area contributed by atoms with Gasteiger partial charge in [0, 0.05) is 36.6 Å². The van der Waals surface area contributed by atoms with Crippen molar-refractivity contribution in [3.8, 4) is 11.5 Å². The zero-order valence-corrected chi connectivity index (χ0v) is 13.1. The lowest BCUT2D eigenvalue weighted by Gasteiger charge is -2.20. The first-order chi connectivity index (χ1) is 10.2. The molecule has 0 spiro atoms. The van der Waals surface area contributed by atoms with Crippen LogP contribution in [0.15, 0.2) is 30.5 Å². The molecule has 0 aliphatic heterocycles. The van der Waals surface area contributed by atoms with Gasteiger partial charge in [-0.2, -0.15) is 5.10 Å². The average Bonchev–Trinajstić information content (AvgIpc) is 2.93. The molecule has 0 aliphatic rings. The van der Waals surface area contributed by atoms with E-state index in [-0.39, 0.29) is 6.04 Å². The molecule has 21 heavy (non-hydrogen) atoms. The number of rotatable bonds is 7. The molecular formula is C16H23N3O2. The summed E-state index contributed by atoms with van der Waals surface area (Å²) in [5.41, 5.74) is 2.37. The van der Waals surface area contributed by atoms with Crippen molar-refractivity contribution in [2.75, 3.05) is 21.3 Å². The van der Waals surface area contributed by atoms with Crippen LogP contribution in [0.1, 0.15) is 23.7 Å². The lowest BCUT2D eigenvalue weighted by Crippen LogP contribution is -2.18. The highest BCUT2D eigenvalue weighted by Crippen LogP contribution is 2.31. The van der Waals surface area contributed by atoms with Gasteiger partial charge in [0.2, 0.25) is 0 Å². The topological polar surface area (TPSA) is 48.3 Å². The minimum Gasteiger partial charge on any atom is -0.497 e. The van der Waals surface area contributed by atoms with Gasteiger partial charge >= 0.3 is 0 Å². The number of nitrogens with one attached hydrogen (secondary N) is 1. The molecule has 1 atom stereocenters. The van der Waals surface area contributed by atoms with Crippen LogP contribution < -0.4 is 14.8 Å². The Morgan fingerprint density at radius 3 is 2.62 bits per heavy atom. The van der Waals surface area contributed by atoms with Gasteiger partial charge in [0.25, 0.3) is 0 Å². The Morgan fingerprint density at radius 2 is 2.05 bits per heavy atom. The Labute approximate surface area is 125 Å². The molecule has 0 saturated heterocycles. The largest absolute Gasteiger partial charge is 0.497 e. The van der Waals surface area contributed by atoms with Gasteiger partial charge in [-0.3, -0.25) is 4.68 Å². The Kier molecular flexibility index (Phi) is 5.22. The molecule has 2 aromatic rings. The Hall–Kier alpha value is -2.01. The van der Waals surface area contributed by atoms with Crippen LogP contribution in [0.4, 0.5) is 0 Å². The van der Waals surface area contributed by atoms with Crippen molar-refractivity contribution in [2.45, 2.75) is 18.9 Å². The number of benzene rings is 1. The minimum atomic E-state index is 0.223. The van der Waals surface area contributed by atoms with Crippen LogP contribution >= 0.6 is 0 Å². The molecule has 1 unspecified atom stereocenters. The maximum absolute atomic E-state index is 5.49. The summed E-state index contributed by atoms with van der Waals surface area (Å²) in [7, 11) is 7.29. The van der Waals surface area contributed by atoms with E-state index in [1.165, 1.54) is 5.69 Å². The Morgan fingerprint density at radius 1 is 1.24 bits per heavy atom. The van der Waals surface area contributed by atoms with E-state index in [2.05, 4.69) is 22.5 Å². The van der Waals surface area contributed by atoms with E-state index in [0.29, 0.717) is 0 Å². The van der Waals surface area contributed by atoms with E-state index in [1.54, 1.807) is 14.2 Å². The van der Waals surface area contributed by atoms with Gasteiger partial charge in [0.1, 0.15) is 11.5 Å². The summed E-state index contributed by atoms with van der Waals surface area (Å²) in [4.78, 5) is 0. The first kappa shape index (κ1) is 15.4. The van der Waals surface area contributed by atoms with Crippen molar-refractivity contribution in [3.63, 3.8) is 0 Å². The summed E-state index contributed by atoms with van der Waals surface area (Å²) in [6.07, 6.45) is 3.76. The summed E-state index contributed by atoms with van der Waals surface area (Å²) in [6.45, 7) is 0. The Balaban J connectivity index is 2.15. The van der Waals surface area contributed by atoms with Gasteiger partial charge in [-0.15, -0.1) is 0 Å². The van der Waals surface area contributed by atoms with Gasteiger partial charge in [-0.1, -0.05) is 6.07 Å². The molecule has 1 heterocycles. The fraction of sp³-hybridized carbons (Fsp3) is 0.438. The van der Waals surface area contributed by atoms with E-state index in [9.17, 15) is 0 Å². The van der Waals surface area contributed by atoms with Crippen LogP contribution in [0.25, 0.3) is 0 Å². The zero-order valence-electron chi connectivity index (χ0n) is 13.1. The van der Waals surface area contributed by atoms with Gasteiger partial charge in [-0.25, -0.2) is 0 Å². The molecule has 0 aliphatic carbocycles. The predicted octanol–water partition coefficient (Wildman–Crippen LogP) is 2.33. The van der Waals surface area contributed by atoms with E-state index >= 15 is 0 Å². The number of nitrogens with zero attached hydrogens (tertiary/aromatic N) is 2. The molecule has 5 nitrogen and oxygen atoms in total. The highest BCUT2D eigenvalue weighted by molar-refractivity contribution is 5.42. The van der Waals surface area contributed by atoms with Crippen LogP contribution in [0.3, 0.4) is 0 Å².